The number of carbonyl (C=O) groups excluding carboxylic acids is 2. The lowest BCUT2D eigenvalue weighted by molar-refractivity contribution is -0.120. The van der Waals surface area contributed by atoms with Gasteiger partial charge in [0.25, 0.3) is 5.91 Å². The molecule has 1 atom stereocenters. The minimum Gasteiger partial charge on any atom is -0.384 e. The lowest BCUT2D eigenvalue weighted by Crippen LogP contribution is -2.44. The number of anilines is 1. The van der Waals surface area contributed by atoms with Crippen LogP contribution in [0.25, 0.3) is 11.3 Å². The molecule has 0 aliphatic carbocycles. The first-order valence-corrected chi connectivity index (χ1v) is 7.94. The van der Waals surface area contributed by atoms with Crippen LogP contribution in [-0.2, 0) is 4.79 Å². The van der Waals surface area contributed by atoms with Gasteiger partial charge in [-0.25, -0.2) is 4.98 Å². The number of nitrogens with zero attached hydrogens (tertiary/aromatic N) is 1. The molecule has 0 bridgehead atoms. The van der Waals surface area contributed by atoms with Gasteiger partial charge in [0, 0.05) is 11.1 Å². The van der Waals surface area contributed by atoms with Gasteiger partial charge in [-0.1, -0.05) is 38.0 Å². The van der Waals surface area contributed by atoms with Gasteiger partial charge in [-0.2, -0.15) is 0 Å². The Morgan fingerprint density at radius 2 is 1.88 bits per heavy atom. The van der Waals surface area contributed by atoms with Crippen molar-refractivity contribution in [1.82, 2.24) is 10.3 Å². The second kappa shape index (κ2) is 8.10. The molecule has 1 aromatic carbocycles. The maximum absolute atomic E-state index is 12.3. The van der Waals surface area contributed by atoms with Crippen LogP contribution in [0.2, 0.25) is 0 Å². The minimum absolute atomic E-state index is 0.318. The van der Waals surface area contributed by atoms with Crippen LogP contribution in [-0.4, -0.2) is 22.8 Å². The van der Waals surface area contributed by atoms with E-state index in [-0.39, 0.29) is 5.91 Å². The highest BCUT2D eigenvalue weighted by Gasteiger charge is 2.18. The summed E-state index contributed by atoms with van der Waals surface area (Å²) in [5, 5.41) is 2.69. The smallest absolute Gasteiger partial charge is 0.251 e. The molecule has 1 heterocycles. The predicted molar refractivity (Wildman–Crippen MR) is 94.1 cm³/mol. The minimum atomic E-state index is -0.646. The van der Waals surface area contributed by atoms with Crippen molar-refractivity contribution in [2.24, 2.45) is 5.73 Å². The summed E-state index contributed by atoms with van der Waals surface area (Å²) in [6.07, 6.45) is 2.30. The Kier molecular flexibility index (Phi) is 5.89. The molecule has 6 nitrogen and oxygen atoms in total. The van der Waals surface area contributed by atoms with Crippen molar-refractivity contribution in [3.63, 3.8) is 0 Å². The molecule has 1 aromatic heterocycles. The van der Waals surface area contributed by atoms with Gasteiger partial charge in [-0.15, -0.1) is 0 Å². The van der Waals surface area contributed by atoms with E-state index in [0.29, 0.717) is 17.8 Å². The van der Waals surface area contributed by atoms with Crippen molar-refractivity contribution in [1.29, 1.82) is 0 Å². The van der Waals surface area contributed by atoms with Crippen molar-refractivity contribution in [2.75, 3.05) is 5.73 Å². The van der Waals surface area contributed by atoms with Crippen LogP contribution in [0.15, 0.2) is 42.5 Å². The highest BCUT2D eigenvalue weighted by molar-refractivity contribution is 5.97. The topological polar surface area (TPSA) is 111 Å². The van der Waals surface area contributed by atoms with E-state index in [1.165, 1.54) is 0 Å². The lowest BCUT2D eigenvalue weighted by atomic mass is 10.1. The van der Waals surface area contributed by atoms with Crippen molar-refractivity contribution in [2.45, 2.75) is 32.2 Å². The molecule has 0 saturated carbocycles. The molecule has 5 N–H and O–H groups in total. The van der Waals surface area contributed by atoms with E-state index in [0.717, 1.165) is 24.1 Å². The first kappa shape index (κ1) is 17.5. The number of primary amides is 1. The number of hydrogen-bond donors (Lipinski definition) is 3. The number of rotatable bonds is 7. The molecular formula is C18H22N4O2. The van der Waals surface area contributed by atoms with E-state index in [4.69, 9.17) is 11.5 Å². The number of nitrogens with one attached hydrogen (secondary N) is 1. The summed E-state index contributed by atoms with van der Waals surface area (Å²) >= 11 is 0. The van der Waals surface area contributed by atoms with Crippen LogP contribution in [0.4, 0.5) is 5.82 Å². The fraction of sp³-hybridized carbons (Fsp3) is 0.278. The average molecular weight is 326 g/mol. The largest absolute Gasteiger partial charge is 0.384 e. The highest BCUT2D eigenvalue weighted by Crippen LogP contribution is 2.18. The predicted octanol–water partition coefficient (Wildman–Crippen LogP) is 2.10. The summed E-state index contributed by atoms with van der Waals surface area (Å²) in [7, 11) is 0. The SMILES string of the molecule is CCCC[C@H](NC(=O)c1ccc(-c2cccc(N)n2)cc1)C(N)=O. The summed E-state index contributed by atoms with van der Waals surface area (Å²) in [5.41, 5.74) is 13.1. The molecule has 24 heavy (non-hydrogen) atoms. The summed E-state index contributed by atoms with van der Waals surface area (Å²) in [6, 6.07) is 11.7. The molecule has 2 aromatic rings. The molecule has 0 radical (unpaired) electrons. The number of pyridine rings is 1. The molecule has 126 valence electrons. The summed E-state index contributed by atoms with van der Waals surface area (Å²) in [6.45, 7) is 2.02. The summed E-state index contributed by atoms with van der Waals surface area (Å²) < 4.78 is 0. The van der Waals surface area contributed by atoms with E-state index in [1.807, 2.05) is 19.1 Å². The molecule has 0 spiro atoms. The third-order valence-electron chi connectivity index (χ3n) is 3.71. The van der Waals surface area contributed by atoms with Gasteiger partial charge in [-0.3, -0.25) is 9.59 Å². The Balaban J connectivity index is 2.09. The quantitative estimate of drug-likeness (QED) is 0.723. The standard InChI is InChI=1S/C18H22N4O2/c1-2-3-5-15(17(20)23)22-18(24)13-10-8-12(9-11-13)14-6-4-7-16(19)21-14/h4,6-11,15H,2-3,5H2,1H3,(H2,19,21)(H2,20,23)(H,22,24)/t15-/m0/s1. The lowest BCUT2D eigenvalue weighted by Gasteiger charge is -2.15. The molecule has 6 heteroatoms. The van der Waals surface area contributed by atoms with Crippen LogP contribution in [0.5, 0.6) is 0 Å². The summed E-state index contributed by atoms with van der Waals surface area (Å²) in [5.74, 6) is -0.395. The first-order chi connectivity index (χ1) is 11.5. The van der Waals surface area contributed by atoms with Gasteiger partial charge in [0.05, 0.1) is 5.69 Å². The second-order valence-electron chi connectivity index (χ2n) is 5.60. The van der Waals surface area contributed by atoms with E-state index >= 15 is 0 Å². The fourth-order valence-electron chi connectivity index (χ4n) is 2.34. The summed E-state index contributed by atoms with van der Waals surface area (Å²) in [4.78, 5) is 27.9. The van der Waals surface area contributed by atoms with Crippen LogP contribution >= 0.6 is 0 Å². The number of unbranched alkanes of at least 4 members (excludes halogenated alkanes) is 1. The number of benzene rings is 1. The Labute approximate surface area is 141 Å². The van der Waals surface area contributed by atoms with E-state index in [1.54, 1.807) is 30.3 Å². The molecule has 0 aliphatic heterocycles. The number of nitrogens with two attached hydrogens (primary N) is 2. The maximum Gasteiger partial charge on any atom is 0.251 e. The van der Waals surface area contributed by atoms with Gasteiger partial charge >= 0.3 is 0 Å². The van der Waals surface area contributed by atoms with Crippen LogP contribution in [0.1, 0.15) is 36.5 Å². The zero-order valence-corrected chi connectivity index (χ0v) is 13.7. The van der Waals surface area contributed by atoms with Gasteiger partial charge in [-0.05, 0) is 30.7 Å². The zero-order chi connectivity index (χ0) is 17.5. The van der Waals surface area contributed by atoms with Crippen molar-refractivity contribution in [3.8, 4) is 11.3 Å². The van der Waals surface area contributed by atoms with Crippen LogP contribution in [0.3, 0.4) is 0 Å². The molecule has 0 unspecified atom stereocenters. The highest BCUT2D eigenvalue weighted by atomic mass is 16.2. The number of nitrogen functional groups attached to an aromatic ring is 1. The second-order valence-corrected chi connectivity index (χ2v) is 5.60. The van der Waals surface area contributed by atoms with Crippen molar-refractivity contribution >= 4 is 17.6 Å². The number of aromatic nitrogens is 1. The molecule has 0 fully saturated rings. The number of hydrogen-bond acceptors (Lipinski definition) is 4. The molecule has 2 rings (SSSR count). The molecule has 2 amide bonds. The first-order valence-electron chi connectivity index (χ1n) is 7.94. The Hall–Kier alpha value is -2.89. The normalized spacial score (nSPS) is 11.7. The maximum atomic E-state index is 12.3. The Morgan fingerprint density at radius 1 is 1.17 bits per heavy atom. The fourth-order valence-corrected chi connectivity index (χ4v) is 2.34. The van der Waals surface area contributed by atoms with Crippen LogP contribution < -0.4 is 16.8 Å². The Bertz CT molecular complexity index is 713. The van der Waals surface area contributed by atoms with Crippen LogP contribution in [0, 0.1) is 0 Å². The van der Waals surface area contributed by atoms with E-state index in [2.05, 4.69) is 10.3 Å². The molecule has 0 saturated heterocycles. The Morgan fingerprint density at radius 3 is 2.46 bits per heavy atom. The number of amides is 2. The van der Waals surface area contributed by atoms with Gasteiger partial charge < -0.3 is 16.8 Å². The third-order valence-corrected chi connectivity index (χ3v) is 3.71. The van der Waals surface area contributed by atoms with E-state index < -0.39 is 11.9 Å². The van der Waals surface area contributed by atoms with E-state index in [9.17, 15) is 9.59 Å². The van der Waals surface area contributed by atoms with Gasteiger partial charge in [0.2, 0.25) is 5.91 Å². The zero-order valence-electron chi connectivity index (χ0n) is 13.7. The monoisotopic (exact) mass is 326 g/mol. The third kappa shape index (κ3) is 4.55. The van der Waals surface area contributed by atoms with Gasteiger partial charge in [0.1, 0.15) is 11.9 Å². The van der Waals surface area contributed by atoms with Crippen molar-refractivity contribution in [3.05, 3.63) is 48.0 Å². The number of carbonyl (C=O) groups is 2. The van der Waals surface area contributed by atoms with Crippen molar-refractivity contribution < 1.29 is 9.59 Å². The van der Waals surface area contributed by atoms with Gasteiger partial charge in [0.15, 0.2) is 0 Å². The average Bonchev–Trinajstić information content (AvgIpc) is 2.58. The molecular weight excluding hydrogens is 304 g/mol. The molecule has 0 aliphatic rings.